The van der Waals surface area contributed by atoms with Crippen molar-refractivity contribution in [3.05, 3.63) is 23.3 Å². The fourth-order valence-electron chi connectivity index (χ4n) is 3.07. The highest BCUT2D eigenvalue weighted by Gasteiger charge is 2.28. The number of ether oxygens (including phenoxy) is 1. The number of aryl methyl sites for hydroxylation is 2. The quantitative estimate of drug-likeness (QED) is 0.815. The molecule has 3 heteroatoms. The van der Waals surface area contributed by atoms with Crippen molar-refractivity contribution in [2.45, 2.75) is 39.8 Å². The Morgan fingerprint density at radius 1 is 1.11 bits per heavy atom. The second-order valence-corrected chi connectivity index (χ2v) is 5.90. The van der Waals surface area contributed by atoms with Gasteiger partial charge in [0, 0.05) is 25.2 Å². The summed E-state index contributed by atoms with van der Waals surface area (Å²) in [7, 11) is 3.98. The molecule has 0 amide bonds. The molecule has 1 aromatic carbocycles. The molecular formula is C16H26N2O. The Bertz CT molecular complexity index is 446. The maximum atomic E-state index is 5.60. The average molecular weight is 262 g/mol. The molecule has 2 rings (SSSR count). The van der Waals surface area contributed by atoms with Crippen molar-refractivity contribution in [2.24, 2.45) is 0 Å². The Kier molecular flexibility index (Phi) is 4.04. The van der Waals surface area contributed by atoms with E-state index in [0.717, 1.165) is 18.8 Å². The van der Waals surface area contributed by atoms with Crippen LogP contribution in [-0.2, 0) is 0 Å². The van der Waals surface area contributed by atoms with E-state index in [1.807, 2.05) is 0 Å². The fourth-order valence-corrected chi connectivity index (χ4v) is 3.07. The van der Waals surface area contributed by atoms with Gasteiger partial charge in [0.15, 0.2) is 0 Å². The Morgan fingerprint density at radius 2 is 1.68 bits per heavy atom. The standard InChI is InChI=1S/C16H26N2O/c1-11-7-12(2)16(15(8-11)19-6)18-9-13(3)17(5)14(4)10-18/h7-8,13-14H,9-10H2,1-6H3/t13-,14+. The number of piperazine rings is 1. The summed E-state index contributed by atoms with van der Waals surface area (Å²) < 4.78 is 5.60. The highest BCUT2D eigenvalue weighted by molar-refractivity contribution is 5.65. The van der Waals surface area contributed by atoms with Crippen LogP contribution in [-0.4, -0.2) is 44.2 Å². The third kappa shape index (κ3) is 2.71. The maximum Gasteiger partial charge on any atom is 0.142 e. The van der Waals surface area contributed by atoms with E-state index in [4.69, 9.17) is 4.74 Å². The normalized spacial score (nSPS) is 24.6. The highest BCUT2D eigenvalue weighted by Crippen LogP contribution is 2.35. The van der Waals surface area contributed by atoms with Crippen LogP contribution >= 0.6 is 0 Å². The van der Waals surface area contributed by atoms with Crippen LogP contribution in [0.3, 0.4) is 0 Å². The third-order valence-corrected chi connectivity index (χ3v) is 4.31. The number of nitrogens with zero attached hydrogens (tertiary/aromatic N) is 2. The fraction of sp³-hybridized carbons (Fsp3) is 0.625. The van der Waals surface area contributed by atoms with Gasteiger partial charge in [0.05, 0.1) is 12.8 Å². The van der Waals surface area contributed by atoms with Crippen molar-refractivity contribution in [1.82, 2.24) is 4.90 Å². The number of hydrogen-bond donors (Lipinski definition) is 0. The molecule has 0 aromatic heterocycles. The molecule has 0 spiro atoms. The Hall–Kier alpha value is -1.22. The molecule has 3 nitrogen and oxygen atoms in total. The van der Waals surface area contributed by atoms with E-state index in [9.17, 15) is 0 Å². The number of hydrogen-bond acceptors (Lipinski definition) is 3. The van der Waals surface area contributed by atoms with E-state index >= 15 is 0 Å². The summed E-state index contributed by atoms with van der Waals surface area (Å²) in [5, 5.41) is 0. The van der Waals surface area contributed by atoms with Gasteiger partial charge in [-0.15, -0.1) is 0 Å². The molecule has 1 fully saturated rings. The van der Waals surface area contributed by atoms with Gasteiger partial charge in [0.25, 0.3) is 0 Å². The van der Waals surface area contributed by atoms with Crippen molar-refractivity contribution < 1.29 is 4.74 Å². The summed E-state index contributed by atoms with van der Waals surface area (Å²) in [6.45, 7) is 11.0. The minimum Gasteiger partial charge on any atom is -0.495 e. The van der Waals surface area contributed by atoms with Crippen LogP contribution in [0.25, 0.3) is 0 Å². The van der Waals surface area contributed by atoms with E-state index in [2.05, 4.69) is 56.7 Å². The van der Waals surface area contributed by atoms with Gasteiger partial charge < -0.3 is 9.64 Å². The zero-order valence-corrected chi connectivity index (χ0v) is 13.0. The topological polar surface area (TPSA) is 15.7 Å². The van der Waals surface area contributed by atoms with Gasteiger partial charge in [-0.3, -0.25) is 4.90 Å². The molecule has 1 heterocycles. The number of likely N-dealkylation sites (N-methyl/N-ethyl adjacent to an activating group) is 1. The zero-order chi connectivity index (χ0) is 14.2. The van der Waals surface area contributed by atoms with Gasteiger partial charge in [0.2, 0.25) is 0 Å². The zero-order valence-electron chi connectivity index (χ0n) is 13.0. The summed E-state index contributed by atoms with van der Waals surface area (Å²) in [6, 6.07) is 5.50. The lowest BCUT2D eigenvalue weighted by atomic mass is 10.0. The van der Waals surface area contributed by atoms with E-state index in [1.165, 1.54) is 16.8 Å². The molecule has 19 heavy (non-hydrogen) atoms. The second kappa shape index (κ2) is 5.41. The molecular weight excluding hydrogens is 236 g/mol. The summed E-state index contributed by atoms with van der Waals surface area (Å²) >= 11 is 0. The molecule has 1 aliphatic rings. The monoisotopic (exact) mass is 262 g/mol. The van der Waals surface area contributed by atoms with E-state index in [0.29, 0.717) is 12.1 Å². The van der Waals surface area contributed by atoms with Crippen LogP contribution in [0, 0.1) is 13.8 Å². The molecule has 0 saturated carbocycles. The summed E-state index contributed by atoms with van der Waals surface area (Å²) in [5.74, 6) is 1.00. The van der Waals surface area contributed by atoms with Gasteiger partial charge in [-0.25, -0.2) is 0 Å². The maximum absolute atomic E-state index is 5.60. The predicted molar refractivity (Wildman–Crippen MR) is 81.4 cm³/mol. The highest BCUT2D eigenvalue weighted by atomic mass is 16.5. The molecule has 0 radical (unpaired) electrons. The number of methoxy groups -OCH3 is 1. The van der Waals surface area contributed by atoms with Crippen molar-refractivity contribution in [1.29, 1.82) is 0 Å². The van der Waals surface area contributed by atoms with E-state index in [1.54, 1.807) is 7.11 Å². The first-order valence-corrected chi connectivity index (χ1v) is 7.06. The first-order chi connectivity index (χ1) is 8.93. The van der Waals surface area contributed by atoms with Crippen LogP contribution in [0.2, 0.25) is 0 Å². The van der Waals surface area contributed by atoms with Crippen LogP contribution in [0.1, 0.15) is 25.0 Å². The molecule has 0 bridgehead atoms. The van der Waals surface area contributed by atoms with Crippen LogP contribution in [0.5, 0.6) is 5.75 Å². The van der Waals surface area contributed by atoms with Crippen molar-refractivity contribution >= 4 is 5.69 Å². The summed E-state index contributed by atoms with van der Waals surface area (Å²) in [6.07, 6.45) is 0. The van der Waals surface area contributed by atoms with E-state index < -0.39 is 0 Å². The number of anilines is 1. The van der Waals surface area contributed by atoms with Crippen molar-refractivity contribution in [2.75, 3.05) is 32.1 Å². The number of benzene rings is 1. The second-order valence-electron chi connectivity index (χ2n) is 5.90. The Balaban J connectivity index is 2.36. The lowest BCUT2D eigenvalue weighted by Gasteiger charge is -2.44. The predicted octanol–water partition coefficient (Wildman–Crippen LogP) is 2.84. The molecule has 1 aromatic rings. The number of rotatable bonds is 2. The molecule has 0 aliphatic carbocycles. The summed E-state index contributed by atoms with van der Waals surface area (Å²) in [5.41, 5.74) is 3.83. The SMILES string of the molecule is COc1cc(C)cc(C)c1N1C[C@@H](C)N(C)[C@@H](C)C1. The van der Waals surface area contributed by atoms with Crippen molar-refractivity contribution in [3.8, 4) is 5.75 Å². The van der Waals surface area contributed by atoms with Gasteiger partial charge in [-0.1, -0.05) is 6.07 Å². The van der Waals surface area contributed by atoms with Crippen molar-refractivity contribution in [3.63, 3.8) is 0 Å². The minimum atomic E-state index is 0.564. The Morgan fingerprint density at radius 3 is 2.21 bits per heavy atom. The molecule has 0 N–H and O–H groups in total. The molecule has 0 unspecified atom stereocenters. The molecule has 2 atom stereocenters. The average Bonchev–Trinajstić information content (AvgIpc) is 2.34. The van der Waals surface area contributed by atoms with Crippen LogP contribution in [0.15, 0.2) is 12.1 Å². The van der Waals surface area contributed by atoms with E-state index in [-0.39, 0.29) is 0 Å². The Labute approximate surface area is 117 Å². The lowest BCUT2D eigenvalue weighted by Crippen LogP contribution is -2.55. The van der Waals surface area contributed by atoms with Gasteiger partial charge in [-0.05, 0) is 51.9 Å². The molecule has 1 saturated heterocycles. The van der Waals surface area contributed by atoms with Crippen LogP contribution < -0.4 is 9.64 Å². The molecule has 1 aliphatic heterocycles. The van der Waals surface area contributed by atoms with Gasteiger partial charge in [-0.2, -0.15) is 0 Å². The van der Waals surface area contributed by atoms with Gasteiger partial charge in [0.1, 0.15) is 5.75 Å². The van der Waals surface area contributed by atoms with Gasteiger partial charge >= 0.3 is 0 Å². The molecule has 106 valence electrons. The largest absolute Gasteiger partial charge is 0.495 e. The van der Waals surface area contributed by atoms with Crippen LogP contribution in [0.4, 0.5) is 5.69 Å². The first-order valence-electron chi connectivity index (χ1n) is 7.06. The third-order valence-electron chi connectivity index (χ3n) is 4.31. The lowest BCUT2D eigenvalue weighted by molar-refractivity contribution is 0.169. The smallest absolute Gasteiger partial charge is 0.142 e. The minimum absolute atomic E-state index is 0.564. The summed E-state index contributed by atoms with van der Waals surface area (Å²) in [4.78, 5) is 4.93. The first kappa shape index (κ1) is 14.2.